The van der Waals surface area contributed by atoms with E-state index in [-0.39, 0.29) is 0 Å². The Morgan fingerprint density at radius 3 is 2.53 bits per heavy atom. The van der Waals surface area contributed by atoms with Crippen molar-refractivity contribution in [3.8, 4) is 0 Å². The van der Waals surface area contributed by atoms with Crippen LogP contribution in [0.15, 0.2) is 18.2 Å². The maximum atomic E-state index is 10.6. The van der Waals surface area contributed by atoms with Crippen molar-refractivity contribution in [1.29, 1.82) is 0 Å². The Labute approximate surface area is 104 Å². The molecule has 0 heterocycles. The molecule has 1 aromatic rings. The molecule has 3 N–H and O–H groups in total. The minimum Gasteiger partial charge on any atom is -0.383 e. The van der Waals surface area contributed by atoms with E-state index < -0.39 is 5.60 Å². The van der Waals surface area contributed by atoms with Crippen LogP contribution >= 0.6 is 0 Å². The number of benzene rings is 1. The fourth-order valence-electron chi connectivity index (χ4n) is 1.96. The molecule has 0 saturated carbocycles. The summed E-state index contributed by atoms with van der Waals surface area (Å²) in [6.07, 6.45) is 1.41. The van der Waals surface area contributed by atoms with Gasteiger partial charge in [0.2, 0.25) is 0 Å². The molecule has 0 aliphatic rings. The SMILES string of the molecule is COCC(O)(CCCN)c1ccc(C)c(C)c1. The van der Waals surface area contributed by atoms with E-state index in [4.69, 9.17) is 10.5 Å². The average molecular weight is 237 g/mol. The Bertz CT molecular complexity index is 365. The smallest absolute Gasteiger partial charge is 0.113 e. The van der Waals surface area contributed by atoms with Crippen LogP contribution in [0.3, 0.4) is 0 Å². The minimum absolute atomic E-state index is 0.301. The van der Waals surface area contributed by atoms with E-state index in [9.17, 15) is 5.11 Å². The summed E-state index contributed by atoms with van der Waals surface area (Å²) in [6, 6.07) is 6.04. The van der Waals surface area contributed by atoms with E-state index in [1.807, 2.05) is 18.2 Å². The molecule has 0 spiro atoms. The molecule has 1 unspecified atom stereocenters. The highest BCUT2D eigenvalue weighted by Gasteiger charge is 2.28. The summed E-state index contributed by atoms with van der Waals surface area (Å²) in [4.78, 5) is 0. The summed E-state index contributed by atoms with van der Waals surface area (Å²) >= 11 is 0. The quantitative estimate of drug-likeness (QED) is 0.794. The van der Waals surface area contributed by atoms with Gasteiger partial charge in [-0.2, -0.15) is 0 Å². The lowest BCUT2D eigenvalue weighted by Crippen LogP contribution is -2.32. The number of aryl methyl sites for hydroxylation is 2. The summed E-state index contributed by atoms with van der Waals surface area (Å²) in [5.74, 6) is 0. The molecule has 96 valence electrons. The van der Waals surface area contributed by atoms with Crippen molar-refractivity contribution in [2.24, 2.45) is 5.73 Å². The molecule has 0 fully saturated rings. The van der Waals surface area contributed by atoms with Gasteiger partial charge in [-0.25, -0.2) is 0 Å². The fraction of sp³-hybridized carbons (Fsp3) is 0.571. The van der Waals surface area contributed by atoms with Crippen LogP contribution in [-0.2, 0) is 10.3 Å². The molecule has 0 aromatic heterocycles. The van der Waals surface area contributed by atoms with Gasteiger partial charge < -0.3 is 15.6 Å². The summed E-state index contributed by atoms with van der Waals surface area (Å²) in [6.45, 7) is 5.00. The van der Waals surface area contributed by atoms with Gasteiger partial charge >= 0.3 is 0 Å². The molecule has 0 aliphatic carbocycles. The monoisotopic (exact) mass is 237 g/mol. The first-order chi connectivity index (χ1) is 8.03. The van der Waals surface area contributed by atoms with Crippen LogP contribution in [0.2, 0.25) is 0 Å². The van der Waals surface area contributed by atoms with Gasteiger partial charge in [0.05, 0.1) is 6.61 Å². The first-order valence-electron chi connectivity index (χ1n) is 6.02. The molecule has 0 amide bonds. The van der Waals surface area contributed by atoms with Gasteiger partial charge in [0.1, 0.15) is 5.60 Å². The second-order valence-corrected chi connectivity index (χ2v) is 4.66. The van der Waals surface area contributed by atoms with E-state index in [0.717, 1.165) is 12.0 Å². The van der Waals surface area contributed by atoms with Gasteiger partial charge in [0.25, 0.3) is 0 Å². The van der Waals surface area contributed by atoms with Crippen molar-refractivity contribution in [2.45, 2.75) is 32.3 Å². The highest BCUT2D eigenvalue weighted by molar-refractivity contribution is 5.33. The lowest BCUT2D eigenvalue weighted by molar-refractivity contribution is -0.0430. The molecule has 0 bridgehead atoms. The van der Waals surface area contributed by atoms with Crippen molar-refractivity contribution >= 4 is 0 Å². The van der Waals surface area contributed by atoms with Crippen LogP contribution in [0.5, 0.6) is 0 Å². The van der Waals surface area contributed by atoms with Crippen LogP contribution in [-0.4, -0.2) is 25.4 Å². The maximum Gasteiger partial charge on any atom is 0.113 e. The predicted molar refractivity (Wildman–Crippen MR) is 70.0 cm³/mol. The summed E-state index contributed by atoms with van der Waals surface area (Å²) in [5.41, 5.74) is 7.91. The van der Waals surface area contributed by atoms with Crippen LogP contribution in [0.4, 0.5) is 0 Å². The van der Waals surface area contributed by atoms with Gasteiger partial charge in [-0.05, 0) is 49.9 Å². The Hall–Kier alpha value is -0.900. The molecule has 3 nitrogen and oxygen atoms in total. The molecule has 0 radical (unpaired) electrons. The predicted octanol–water partition coefficient (Wildman–Crippen LogP) is 1.88. The van der Waals surface area contributed by atoms with Gasteiger partial charge in [-0.1, -0.05) is 18.2 Å². The third-order valence-electron chi connectivity index (χ3n) is 3.22. The van der Waals surface area contributed by atoms with Crippen molar-refractivity contribution in [3.63, 3.8) is 0 Å². The third-order valence-corrected chi connectivity index (χ3v) is 3.22. The minimum atomic E-state index is -0.924. The number of hydrogen-bond donors (Lipinski definition) is 2. The van der Waals surface area contributed by atoms with Crippen molar-refractivity contribution < 1.29 is 9.84 Å². The fourth-order valence-corrected chi connectivity index (χ4v) is 1.96. The number of hydrogen-bond acceptors (Lipinski definition) is 3. The number of nitrogens with two attached hydrogens (primary N) is 1. The molecule has 1 atom stereocenters. The molecule has 3 heteroatoms. The van der Waals surface area contributed by atoms with Gasteiger partial charge in [-0.15, -0.1) is 0 Å². The highest BCUT2D eigenvalue weighted by Crippen LogP contribution is 2.28. The zero-order chi connectivity index (χ0) is 12.9. The Balaban J connectivity index is 2.99. The maximum absolute atomic E-state index is 10.6. The number of rotatable bonds is 6. The van der Waals surface area contributed by atoms with Crippen LogP contribution in [0.1, 0.15) is 29.5 Å². The van der Waals surface area contributed by atoms with Crippen LogP contribution < -0.4 is 5.73 Å². The van der Waals surface area contributed by atoms with Crippen molar-refractivity contribution in [3.05, 3.63) is 34.9 Å². The second kappa shape index (κ2) is 6.15. The van der Waals surface area contributed by atoms with Gasteiger partial charge in [-0.3, -0.25) is 0 Å². The van der Waals surface area contributed by atoms with Crippen LogP contribution in [0, 0.1) is 13.8 Å². The Kier molecular flexibility index (Phi) is 5.12. The summed E-state index contributed by atoms with van der Waals surface area (Å²) < 4.78 is 5.14. The van der Waals surface area contributed by atoms with E-state index in [1.54, 1.807) is 7.11 Å². The first kappa shape index (κ1) is 14.2. The van der Waals surface area contributed by atoms with Gasteiger partial charge in [0, 0.05) is 7.11 Å². The Morgan fingerprint density at radius 2 is 2.00 bits per heavy atom. The standard InChI is InChI=1S/C14H23NO2/c1-11-5-6-13(9-12(11)2)14(16,10-17-3)7-4-8-15/h5-6,9,16H,4,7-8,10,15H2,1-3H3. The lowest BCUT2D eigenvalue weighted by Gasteiger charge is -2.28. The van der Waals surface area contributed by atoms with E-state index >= 15 is 0 Å². The molecule has 0 aliphatic heterocycles. The van der Waals surface area contributed by atoms with Gasteiger partial charge in [0.15, 0.2) is 0 Å². The highest BCUT2D eigenvalue weighted by atomic mass is 16.5. The zero-order valence-corrected chi connectivity index (χ0v) is 11.0. The molecule has 1 aromatic carbocycles. The molecule has 17 heavy (non-hydrogen) atoms. The lowest BCUT2D eigenvalue weighted by atomic mass is 9.88. The number of aliphatic hydroxyl groups is 1. The van der Waals surface area contributed by atoms with E-state index in [0.29, 0.717) is 19.6 Å². The summed E-state index contributed by atoms with van der Waals surface area (Å²) in [7, 11) is 1.61. The molecular formula is C14H23NO2. The molecular weight excluding hydrogens is 214 g/mol. The average Bonchev–Trinajstić information content (AvgIpc) is 2.30. The van der Waals surface area contributed by atoms with Crippen molar-refractivity contribution in [1.82, 2.24) is 0 Å². The number of ether oxygens (including phenoxy) is 1. The number of methoxy groups -OCH3 is 1. The van der Waals surface area contributed by atoms with E-state index in [2.05, 4.69) is 13.8 Å². The summed E-state index contributed by atoms with van der Waals surface area (Å²) in [5, 5.41) is 10.6. The van der Waals surface area contributed by atoms with E-state index in [1.165, 1.54) is 11.1 Å². The molecule has 1 rings (SSSR count). The Morgan fingerprint density at radius 1 is 1.29 bits per heavy atom. The zero-order valence-electron chi connectivity index (χ0n) is 11.0. The first-order valence-corrected chi connectivity index (χ1v) is 6.02. The third kappa shape index (κ3) is 3.53. The van der Waals surface area contributed by atoms with Crippen molar-refractivity contribution in [2.75, 3.05) is 20.3 Å². The molecule has 0 saturated heterocycles. The topological polar surface area (TPSA) is 55.5 Å². The second-order valence-electron chi connectivity index (χ2n) is 4.66. The largest absolute Gasteiger partial charge is 0.383 e. The van der Waals surface area contributed by atoms with Crippen LogP contribution in [0.25, 0.3) is 0 Å². The normalized spacial score (nSPS) is 14.6.